The second-order valence-electron chi connectivity index (χ2n) is 8.24. The van der Waals surface area contributed by atoms with E-state index in [0.717, 1.165) is 22.0 Å². The molecule has 7 heteroatoms. The Labute approximate surface area is 206 Å². The second kappa shape index (κ2) is 9.35. The normalized spacial score (nSPS) is 15.7. The summed E-state index contributed by atoms with van der Waals surface area (Å²) in [5.41, 5.74) is 3.73. The van der Waals surface area contributed by atoms with Crippen LogP contribution in [0.2, 0.25) is 0 Å². The number of rotatable bonds is 6. The fourth-order valence-corrected chi connectivity index (χ4v) is 5.65. The molecule has 0 amide bonds. The molecule has 1 atom stereocenters. The van der Waals surface area contributed by atoms with Crippen molar-refractivity contribution in [2.24, 2.45) is 4.99 Å². The van der Waals surface area contributed by atoms with Gasteiger partial charge in [0, 0.05) is 29.2 Å². The summed E-state index contributed by atoms with van der Waals surface area (Å²) >= 11 is 1.34. The van der Waals surface area contributed by atoms with E-state index in [0.29, 0.717) is 33.6 Å². The van der Waals surface area contributed by atoms with Crippen LogP contribution in [0.3, 0.4) is 0 Å². The summed E-state index contributed by atoms with van der Waals surface area (Å²) in [6.45, 7) is 6.48. The minimum atomic E-state index is -0.598. The lowest BCUT2D eigenvalue weighted by molar-refractivity contribution is -0.136. The van der Waals surface area contributed by atoms with Crippen LogP contribution >= 0.6 is 11.3 Å². The molecule has 0 aliphatic carbocycles. The third kappa shape index (κ3) is 3.88. The van der Waals surface area contributed by atoms with Gasteiger partial charge in [0.2, 0.25) is 0 Å². The highest BCUT2D eigenvalue weighted by Gasteiger charge is 2.33. The highest BCUT2D eigenvalue weighted by Crippen LogP contribution is 2.31. The van der Waals surface area contributed by atoms with Crippen molar-refractivity contribution in [1.82, 2.24) is 9.13 Å². The Morgan fingerprint density at radius 3 is 2.63 bits per heavy atom. The van der Waals surface area contributed by atoms with Crippen molar-refractivity contribution in [2.75, 3.05) is 7.11 Å². The van der Waals surface area contributed by atoms with E-state index in [4.69, 9.17) is 9.73 Å². The fraction of sp³-hybridized carbons (Fsp3) is 0.179. The van der Waals surface area contributed by atoms with Crippen LogP contribution in [0.5, 0.6) is 0 Å². The monoisotopic (exact) mass is 483 g/mol. The quantitative estimate of drug-likeness (QED) is 0.308. The second-order valence-corrected chi connectivity index (χ2v) is 9.25. The van der Waals surface area contributed by atoms with Crippen molar-refractivity contribution in [2.45, 2.75) is 25.9 Å². The first kappa shape index (κ1) is 22.8. The number of hydrogen-bond donors (Lipinski definition) is 0. The molecule has 0 unspecified atom stereocenters. The zero-order valence-corrected chi connectivity index (χ0v) is 20.4. The van der Waals surface area contributed by atoms with E-state index in [1.165, 1.54) is 18.4 Å². The van der Waals surface area contributed by atoms with E-state index in [9.17, 15) is 9.59 Å². The molecule has 1 aliphatic rings. The van der Waals surface area contributed by atoms with E-state index in [1.807, 2.05) is 67.7 Å². The van der Waals surface area contributed by atoms with Crippen molar-refractivity contribution >= 4 is 34.3 Å². The molecule has 4 aromatic rings. The first-order chi connectivity index (χ1) is 17.1. The van der Waals surface area contributed by atoms with Gasteiger partial charge in [0.05, 0.1) is 29.0 Å². The van der Waals surface area contributed by atoms with Crippen molar-refractivity contribution in [3.63, 3.8) is 0 Å². The number of thiazole rings is 1. The van der Waals surface area contributed by atoms with E-state index in [-0.39, 0.29) is 5.56 Å². The topological polar surface area (TPSA) is 65.6 Å². The molecule has 2 aromatic heterocycles. The van der Waals surface area contributed by atoms with Crippen LogP contribution in [0.1, 0.15) is 30.5 Å². The minimum Gasteiger partial charge on any atom is -0.466 e. The van der Waals surface area contributed by atoms with Gasteiger partial charge in [0.1, 0.15) is 0 Å². The van der Waals surface area contributed by atoms with Gasteiger partial charge in [-0.15, -0.1) is 6.58 Å². The molecule has 0 fully saturated rings. The Balaban J connectivity index is 1.77. The molecule has 176 valence electrons. The van der Waals surface area contributed by atoms with Gasteiger partial charge in [-0.2, -0.15) is 0 Å². The number of para-hydroxylation sites is 1. The standard InChI is InChI=1S/C28H25N3O3S/c1-4-15-30-17-19(20-13-9-10-14-22(20)30)16-23-26(32)31-25(18-11-7-6-8-12-18)24(27(33)34-3)21(5-2)29-28(31)35-23/h4,6-14,16-17,25H,1,5,15H2,2-3H3/b23-16+/t25-/m0/s1. The molecular formula is C28H25N3O3S. The minimum absolute atomic E-state index is 0.181. The van der Waals surface area contributed by atoms with Crippen molar-refractivity contribution < 1.29 is 9.53 Å². The summed E-state index contributed by atoms with van der Waals surface area (Å²) in [6, 6.07) is 17.1. The van der Waals surface area contributed by atoms with Crippen molar-refractivity contribution in [3.8, 4) is 0 Å². The molecule has 0 radical (unpaired) electrons. The number of ether oxygens (including phenoxy) is 1. The number of allylic oxidation sites excluding steroid dienone is 2. The zero-order valence-electron chi connectivity index (χ0n) is 19.6. The lowest BCUT2D eigenvalue weighted by Gasteiger charge is -2.25. The number of fused-ring (bicyclic) bond motifs is 2. The average molecular weight is 484 g/mol. The van der Waals surface area contributed by atoms with Gasteiger partial charge >= 0.3 is 5.97 Å². The molecule has 0 bridgehead atoms. The first-order valence-corrected chi connectivity index (χ1v) is 12.3. The molecule has 0 spiro atoms. The third-order valence-electron chi connectivity index (χ3n) is 6.20. The predicted octanol–water partition coefficient (Wildman–Crippen LogP) is 3.94. The van der Waals surface area contributed by atoms with Crippen LogP contribution in [-0.2, 0) is 16.1 Å². The third-order valence-corrected chi connectivity index (χ3v) is 7.18. The molecular weight excluding hydrogens is 458 g/mol. The highest BCUT2D eigenvalue weighted by atomic mass is 32.1. The maximum absolute atomic E-state index is 13.8. The van der Waals surface area contributed by atoms with Crippen LogP contribution in [0.4, 0.5) is 0 Å². The molecule has 0 saturated heterocycles. The van der Waals surface area contributed by atoms with Gasteiger partial charge in [-0.3, -0.25) is 9.36 Å². The molecule has 35 heavy (non-hydrogen) atoms. The summed E-state index contributed by atoms with van der Waals surface area (Å²) in [4.78, 5) is 32.0. The Morgan fingerprint density at radius 2 is 1.91 bits per heavy atom. The van der Waals surface area contributed by atoms with Gasteiger partial charge in [0.15, 0.2) is 4.80 Å². The Kier molecular flexibility index (Phi) is 6.09. The van der Waals surface area contributed by atoms with Gasteiger partial charge in [-0.1, -0.05) is 72.9 Å². The number of hydrogen-bond acceptors (Lipinski definition) is 5. The first-order valence-electron chi connectivity index (χ1n) is 11.4. The van der Waals surface area contributed by atoms with Gasteiger partial charge < -0.3 is 9.30 Å². The number of carbonyl (C=O) groups is 1. The molecule has 6 nitrogen and oxygen atoms in total. The molecule has 5 rings (SSSR count). The highest BCUT2D eigenvalue weighted by molar-refractivity contribution is 7.07. The van der Waals surface area contributed by atoms with Crippen molar-refractivity contribution in [1.29, 1.82) is 0 Å². The summed E-state index contributed by atoms with van der Waals surface area (Å²) in [6.07, 6.45) is 6.36. The van der Waals surface area contributed by atoms with Gasteiger partial charge in [-0.05, 0) is 24.1 Å². The number of aromatic nitrogens is 2. The smallest absolute Gasteiger partial charge is 0.338 e. The van der Waals surface area contributed by atoms with Crippen LogP contribution in [0.15, 0.2) is 94.5 Å². The lowest BCUT2D eigenvalue weighted by Crippen LogP contribution is -2.40. The number of esters is 1. The summed E-state index contributed by atoms with van der Waals surface area (Å²) < 4.78 is 9.42. The van der Waals surface area contributed by atoms with E-state index >= 15 is 0 Å². The maximum Gasteiger partial charge on any atom is 0.338 e. The number of methoxy groups -OCH3 is 1. The Hall–Kier alpha value is -3.97. The summed E-state index contributed by atoms with van der Waals surface area (Å²) in [7, 11) is 1.36. The molecule has 3 heterocycles. The lowest BCUT2D eigenvalue weighted by atomic mass is 9.95. The van der Waals surface area contributed by atoms with Crippen LogP contribution in [-0.4, -0.2) is 22.2 Å². The van der Waals surface area contributed by atoms with Crippen LogP contribution < -0.4 is 14.9 Å². The maximum atomic E-state index is 13.8. The number of nitrogens with zero attached hydrogens (tertiary/aromatic N) is 3. The molecule has 2 aromatic carbocycles. The van der Waals surface area contributed by atoms with Crippen molar-refractivity contribution in [3.05, 3.63) is 116 Å². The predicted molar refractivity (Wildman–Crippen MR) is 139 cm³/mol. The van der Waals surface area contributed by atoms with Crippen LogP contribution in [0.25, 0.3) is 17.0 Å². The van der Waals surface area contributed by atoms with E-state index in [1.54, 1.807) is 4.57 Å². The van der Waals surface area contributed by atoms with Crippen LogP contribution in [0, 0.1) is 0 Å². The Bertz CT molecular complexity index is 1650. The Morgan fingerprint density at radius 1 is 1.17 bits per heavy atom. The summed E-state index contributed by atoms with van der Waals surface area (Å²) in [5.74, 6) is -0.471. The molecule has 0 saturated carbocycles. The van der Waals surface area contributed by atoms with Gasteiger partial charge in [-0.25, -0.2) is 9.79 Å². The zero-order chi connectivity index (χ0) is 24.5. The molecule has 1 aliphatic heterocycles. The number of carbonyl (C=O) groups excluding carboxylic acids is 1. The fourth-order valence-electron chi connectivity index (χ4n) is 4.64. The largest absolute Gasteiger partial charge is 0.466 e. The molecule has 0 N–H and O–H groups in total. The number of benzene rings is 2. The van der Waals surface area contributed by atoms with E-state index in [2.05, 4.69) is 23.3 Å². The average Bonchev–Trinajstić information content (AvgIpc) is 3.40. The van der Waals surface area contributed by atoms with E-state index < -0.39 is 12.0 Å². The van der Waals surface area contributed by atoms with Gasteiger partial charge in [0.25, 0.3) is 5.56 Å². The summed E-state index contributed by atoms with van der Waals surface area (Å²) in [5, 5.41) is 1.06. The SMILES string of the molecule is C=CCn1cc(/C=c2/sc3n(c2=O)[C@@H](c2ccccc2)C(C(=O)OC)=C(CC)N=3)c2ccccc21.